The Bertz CT molecular complexity index is 1070. The van der Waals surface area contributed by atoms with Crippen molar-refractivity contribution < 1.29 is 9.72 Å². The van der Waals surface area contributed by atoms with Crippen LogP contribution in [0.2, 0.25) is 0 Å². The minimum absolute atomic E-state index is 0.00692. The Balaban J connectivity index is 1.74. The Morgan fingerprint density at radius 1 is 1.17 bits per heavy atom. The largest absolute Gasteiger partial charge is 0.338 e. The molecule has 0 saturated heterocycles. The monoisotopic (exact) mass is 390 g/mol. The number of carbonyl (C=O) groups excluding carboxylic acids is 1. The number of hydrogen-bond donors (Lipinski definition) is 0. The lowest BCUT2D eigenvalue weighted by molar-refractivity contribution is -0.384. The van der Waals surface area contributed by atoms with Crippen molar-refractivity contribution in [1.29, 1.82) is 0 Å². The maximum absolute atomic E-state index is 12.5. The van der Waals surface area contributed by atoms with E-state index in [0.717, 1.165) is 22.6 Å². The molecule has 0 spiro atoms. The van der Waals surface area contributed by atoms with Crippen LogP contribution in [0.4, 0.5) is 5.69 Å². The number of rotatable bonds is 6. The zero-order chi connectivity index (χ0) is 21.0. The number of nitro groups is 1. The predicted molar refractivity (Wildman–Crippen MR) is 112 cm³/mol. The van der Waals surface area contributed by atoms with E-state index in [1.165, 1.54) is 18.2 Å². The second-order valence-corrected chi connectivity index (χ2v) is 6.78. The summed E-state index contributed by atoms with van der Waals surface area (Å²) in [4.78, 5) is 24.5. The number of benzene rings is 2. The van der Waals surface area contributed by atoms with Gasteiger partial charge < -0.3 is 4.90 Å². The lowest BCUT2D eigenvalue weighted by atomic mass is 10.1. The third kappa shape index (κ3) is 4.57. The summed E-state index contributed by atoms with van der Waals surface area (Å²) in [6.45, 7) is 4.33. The summed E-state index contributed by atoms with van der Waals surface area (Å²) in [5.74, 6) is -0.192. The summed E-state index contributed by atoms with van der Waals surface area (Å²) in [5, 5.41) is 15.5. The lowest BCUT2D eigenvalue weighted by Gasteiger charge is -2.15. The molecule has 0 radical (unpaired) electrons. The fourth-order valence-corrected chi connectivity index (χ4v) is 3.08. The Labute approximate surface area is 169 Å². The van der Waals surface area contributed by atoms with Gasteiger partial charge in [0.1, 0.15) is 0 Å². The van der Waals surface area contributed by atoms with Crippen LogP contribution < -0.4 is 0 Å². The third-order valence-electron chi connectivity index (χ3n) is 4.71. The predicted octanol–water partition coefficient (Wildman–Crippen LogP) is 4.07. The topological polar surface area (TPSA) is 81.3 Å². The summed E-state index contributed by atoms with van der Waals surface area (Å²) >= 11 is 0. The van der Waals surface area contributed by atoms with Crippen molar-refractivity contribution in [1.82, 2.24) is 14.7 Å². The molecule has 1 amide bonds. The van der Waals surface area contributed by atoms with Crippen LogP contribution in [0.15, 0.2) is 60.7 Å². The van der Waals surface area contributed by atoms with Crippen molar-refractivity contribution >= 4 is 17.7 Å². The van der Waals surface area contributed by atoms with E-state index < -0.39 is 4.92 Å². The van der Waals surface area contributed by atoms with Gasteiger partial charge in [0.2, 0.25) is 5.91 Å². The number of aryl methyl sites for hydroxylation is 1. The number of aromatic nitrogens is 2. The summed E-state index contributed by atoms with van der Waals surface area (Å²) in [6, 6.07) is 16.0. The molecule has 0 aliphatic heterocycles. The van der Waals surface area contributed by atoms with Crippen LogP contribution in [-0.2, 0) is 11.3 Å². The molecule has 0 fully saturated rings. The number of carbonyl (C=O) groups is 1. The molecule has 148 valence electrons. The van der Waals surface area contributed by atoms with E-state index in [1.807, 2.05) is 48.9 Å². The normalized spacial score (nSPS) is 11.0. The molecule has 2 aromatic carbocycles. The van der Waals surface area contributed by atoms with Gasteiger partial charge >= 0.3 is 0 Å². The Kier molecular flexibility index (Phi) is 5.87. The molecule has 3 rings (SSSR count). The van der Waals surface area contributed by atoms with Crippen LogP contribution in [0.1, 0.15) is 22.5 Å². The molecule has 0 bridgehead atoms. The van der Waals surface area contributed by atoms with Crippen LogP contribution in [0.25, 0.3) is 11.8 Å². The first kappa shape index (κ1) is 20.0. The molecular weight excluding hydrogens is 368 g/mol. The standard InChI is InChI=1S/C22H22N4O3/c1-16-21(17(2)25(23-16)19-9-5-4-6-10-19)15-24(3)22(27)13-12-18-8-7-11-20(14-18)26(28)29/h4-14H,15H2,1-3H3. The summed E-state index contributed by atoms with van der Waals surface area (Å²) in [5.41, 5.74) is 4.41. The van der Waals surface area contributed by atoms with Crippen LogP contribution in [0.3, 0.4) is 0 Å². The van der Waals surface area contributed by atoms with Crippen molar-refractivity contribution in [2.75, 3.05) is 7.05 Å². The Morgan fingerprint density at radius 2 is 1.90 bits per heavy atom. The molecule has 0 saturated carbocycles. The highest BCUT2D eigenvalue weighted by molar-refractivity contribution is 5.91. The van der Waals surface area contributed by atoms with Gasteiger partial charge in [-0.1, -0.05) is 30.3 Å². The van der Waals surface area contributed by atoms with E-state index in [-0.39, 0.29) is 11.6 Å². The Morgan fingerprint density at radius 3 is 2.59 bits per heavy atom. The summed E-state index contributed by atoms with van der Waals surface area (Å²) < 4.78 is 1.88. The van der Waals surface area contributed by atoms with Crippen molar-refractivity contribution in [3.8, 4) is 5.69 Å². The van der Waals surface area contributed by atoms with Crippen molar-refractivity contribution in [2.45, 2.75) is 20.4 Å². The number of amides is 1. The van der Waals surface area contributed by atoms with Gasteiger partial charge in [0.05, 0.1) is 16.3 Å². The quantitative estimate of drug-likeness (QED) is 0.361. The van der Waals surface area contributed by atoms with Crippen molar-refractivity contribution in [3.05, 3.63) is 93.3 Å². The summed E-state index contributed by atoms with van der Waals surface area (Å²) in [7, 11) is 1.72. The molecule has 7 heteroatoms. The van der Waals surface area contributed by atoms with E-state index in [4.69, 9.17) is 0 Å². The molecule has 0 aliphatic rings. The number of nitro benzene ring substituents is 1. The molecule has 0 unspecified atom stereocenters. The number of para-hydroxylation sites is 1. The van der Waals surface area contributed by atoms with Gasteiger partial charge in [-0.15, -0.1) is 0 Å². The van der Waals surface area contributed by atoms with Crippen molar-refractivity contribution in [3.63, 3.8) is 0 Å². The maximum Gasteiger partial charge on any atom is 0.270 e. The van der Waals surface area contributed by atoms with Crippen LogP contribution in [-0.4, -0.2) is 32.6 Å². The highest BCUT2D eigenvalue weighted by Crippen LogP contribution is 2.19. The molecule has 0 N–H and O–H groups in total. The number of non-ortho nitro benzene ring substituents is 1. The highest BCUT2D eigenvalue weighted by atomic mass is 16.6. The van der Waals surface area contributed by atoms with E-state index in [2.05, 4.69) is 5.10 Å². The molecule has 3 aromatic rings. The number of nitrogens with zero attached hydrogens (tertiary/aromatic N) is 4. The highest BCUT2D eigenvalue weighted by Gasteiger charge is 2.16. The van der Waals surface area contributed by atoms with Gasteiger partial charge in [-0.25, -0.2) is 4.68 Å². The van der Waals surface area contributed by atoms with Gasteiger partial charge in [0.25, 0.3) is 5.69 Å². The zero-order valence-corrected chi connectivity index (χ0v) is 16.6. The molecule has 1 aromatic heterocycles. The first-order valence-electron chi connectivity index (χ1n) is 9.15. The smallest absolute Gasteiger partial charge is 0.270 e. The SMILES string of the molecule is Cc1nn(-c2ccccc2)c(C)c1CN(C)C(=O)C=Cc1cccc([N+](=O)[O-])c1. The van der Waals surface area contributed by atoms with Gasteiger partial charge in [-0.05, 0) is 37.6 Å². The second-order valence-electron chi connectivity index (χ2n) is 6.78. The van der Waals surface area contributed by atoms with Crippen molar-refractivity contribution in [2.24, 2.45) is 0 Å². The fraction of sp³-hybridized carbons (Fsp3) is 0.182. The molecule has 0 atom stereocenters. The zero-order valence-electron chi connectivity index (χ0n) is 16.6. The van der Waals surface area contributed by atoms with Gasteiger partial charge in [-0.2, -0.15) is 5.10 Å². The molecule has 29 heavy (non-hydrogen) atoms. The molecular formula is C22H22N4O3. The van der Waals surface area contributed by atoms with E-state index in [9.17, 15) is 14.9 Å². The maximum atomic E-state index is 12.5. The average molecular weight is 390 g/mol. The third-order valence-corrected chi connectivity index (χ3v) is 4.71. The lowest BCUT2D eigenvalue weighted by Crippen LogP contribution is -2.24. The minimum Gasteiger partial charge on any atom is -0.338 e. The first-order chi connectivity index (χ1) is 13.9. The number of hydrogen-bond acceptors (Lipinski definition) is 4. The van der Waals surface area contributed by atoms with Crippen LogP contribution >= 0.6 is 0 Å². The van der Waals surface area contributed by atoms with E-state index in [0.29, 0.717) is 12.1 Å². The molecule has 7 nitrogen and oxygen atoms in total. The van der Waals surface area contributed by atoms with E-state index in [1.54, 1.807) is 30.2 Å². The first-order valence-corrected chi connectivity index (χ1v) is 9.15. The minimum atomic E-state index is -0.457. The van der Waals surface area contributed by atoms with Crippen LogP contribution in [0.5, 0.6) is 0 Å². The molecule has 1 heterocycles. The van der Waals surface area contributed by atoms with Gasteiger partial charge in [0.15, 0.2) is 0 Å². The van der Waals surface area contributed by atoms with Gasteiger partial charge in [-0.3, -0.25) is 14.9 Å². The van der Waals surface area contributed by atoms with Crippen LogP contribution in [0, 0.1) is 24.0 Å². The number of likely N-dealkylation sites (N-methyl/N-ethyl adjacent to an activating group) is 1. The molecule has 0 aliphatic carbocycles. The van der Waals surface area contributed by atoms with E-state index >= 15 is 0 Å². The second kappa shape index (κ2) is 8.52. The van der Waals surface area contributed by atoms with Gasteiger partial charge in [0, 0.05) is 43.1 Å². The average Bonchev–Trinajstić information content (AvgIpc) is 3.01. The Hall–Kier alpha value is -3.74. The summed E-state index contributed by atoms with van der Waals surface area (Å²) in [6.07, 6.45) is 3.00. The fourth-order valence-electron chi connectivity index (χ4n) is 3.08.